The highest BCUT2D eigenvalue weighted by molar-refractivity contribution is 5.51. The summed E-state index contributed by atoms with van der Waals surface area (Å²) < 4.78 is 0. The fraction of sp³-hybridized carbons (Fsp3) is 0.706. The van der Waals surface area contributed by atoms with Gasteiger partial charge in [0.2, 0.25) is 0 Å². The highest BCUT2D eigenvalue weighted by Gasteiger charge is 2.22. The molecule has 20 heavy (non-hydrogen) atoms. The Morgan fingerprint density at radius 1 is 1.30 bits per heavy atom. The Balaban J connectivity index is 2.21. The molecule has 1 aromatic heterocycles. The van der Waals surface area contributed by atoms with Crippen molar-refractivity contribution in [1.29, 1.82) is 0 Å². The number of nitrogens with zero attached hydrogens (tertiary/aromatic N) is 2. The van der Waals surface area contributed by atoms with E-state index in [0.29, 0.717) is 0 Å². The first-order valence-electron chi connectivity index (χ1n) is 8.11. The van der Waals surface area contributed by atoms with E-state index in [0.717, 1.165) is 31.4 Å². The summed E-state index contributed by atoms with van der Waals surface area (Å²) in [5.74, 6) is 1.20. The summed E-state index contributed by atoms with van der Waals surface area (Å²) in [7, 11) is 0. The summed E-state index contributed by atoms with van der Waals surface area (Å²) in [5, 5.41) is 3.64. The summed E-state index contributed by atoms with van der Waals surface area (Å²) >= 11 is 0. The van der Waals surface area contributed by atoms with Gasteiger partial charge in [0, 0.05) is 36.9 Å². The van der Waals surface area contributed by atoms with Crippen LogP contribution in [0.25, 0.3) is 0 Å². The highest BCUT2D eigenvalue weighted by atomic mass is 15.2. The molecule has 1 aromatic rings. The molecule has 1 fully saturated rings. The zero-order valence-electron chi connectivity index (χ0n) is 13.5. The first-order chi connectivity index (χ1) is 9.65. The summed E-state index contributed by atoms with van der Waals surface area (Å²) in [6.45, 7) is 11.9. The minimum atomic E-state index is 0.745. The summed E-state index contributed by atoms with van der Waals surface area (Å²) in [4.78, 5) is 7.28. The lowest BCUT2D eigenvalue weighted by molar-refractivity contribution is 0.669. The van der Waals surface area contributed by atoms with Gasteiger partial charge in [-0.25, -0.2) is 4.98 Å². The molecule has 3 heteroatoms. The molecule has 0 unspecified atom stereocenters. The number of unbranched alkanes of at least 4 members (excludes halogenated alkanes) is 1. The van der Waals surface area contributed by atoms with E-state index in [1.807, 2.05) is 0 Å². The molecule has 0 saturated heterocycles. The van der Waals surface area contributed by atoms with Crippen molar-refractivity contribution in [3.63, 3.8) is 0 Å². The van der Waals surface area contributed by atoms with Crippen LogP contribution in [0.3, 0.4) is 0 Å². The van der Waals surface area contributed by atoms with Gasteiger partial charge in [-0.3, -0.25) is 0 Å². The second kappa shape index (κ2) is 7.07. The smallest absolute Gasteiger partial charge is 0.133 e. The van der Waals surface area contributed by atoms with Crippen LogP contribution in [0, 0.1) is 13.8 Å². The third-order valence-corrected chi connectivity index (χ3v) is 4.06. The van der Waals surface area contributed by atoms with Gasteiger partial charge in [0.15, 0.2) is 0 Å². The van der Waals surface area contributed by atoms with Crippen molar-refractivity contribution >= 4 is 5.82 Å². The van der Waals surface area contributed by atoms with Gasteiger partial charge in [-0.05, 0) is 51.7 Å². The maximum Gasteiger partial charge on any atom is 0.133 e. The van der Waals surface area contributed by atoms with E-state index in [9.17, 15) is 0 Å². The van der Waals surface area contributed by atoms with E-state index >= 15 is 0 Å². The van der Waals surface area contributed by atoms with Crippen LogP contribution in [0.4, 0.5) is 5.82 Å². The van der Waals surface area contributed by atoms with Gasteiger partial charge in [-0.15, -0.1) is 0 Å². The molecule has 1 heterocycles. The second-order valence-corrected chi connectivity index (χ2v) is 5.97. The van der Waals surface area contributed by atoms with Crippen LogP contribution in [0.5, 0.6) is 0 Å². The molecule has 2 rings (SSSR count). The minimum absolute atomic E-state index is 0.745. The van der Waals surface area contributed by atoms with Gasteiger partial charge in [0.25, 0.3) is 0 Å². The van der Waals surface area contributed by atoms with Crippen LogP contribution >= 0.6 is 0 Å². The fourth-order valence-corrected chi connectivity index (χ4v) is 2.62. The molecular formula is C17H29N3. The highest BCUT2D eigenvalue weighted by Crippen LogP contribution is 2.25. The molecule has 3 nitrogen and oxygen atoms in total. The molecular weight excluding hydrogens is 246 g/mol. The van der Waals surface area contributed by atoms with Gasteiger partial charge in [-0.1, -0.05) is 13.3 Å². The molecule has 0 spiro atoms. The molecule has 1 aliphatic carbocycles. The largest absolute Gasteiger partial charge is 0.357 e. The molecule has 0 amide bonds. The summed E-state index contributed by atoms with van der Waals surface area (Å²) in [6.07, 6.45) is 5.14. The predicted molar refractivity (Wildman–Crippen MR) is 86.4 cm³/mol. The number of anilines is 1. The van der Waals surface area contributed by atoms with Crippen LogP contribution in [0.2, 0.25) is 0 Å². The van der Waals surface area contributed by atoms with E-state index in [1.54, 1.807) is 0 Å². The Morgan fingerprint density at radius 3 is 2.65 bits per heavy atom. The Labute approximate surface area is 123 Å². The van der Waals surface area contributed by atoms with Gasteiger partial charge >= 0.3 is 0 Å². The molecule has 0 aliphatic heterocycles. The lowest BCUT2D eigenvalue weighted by Crippen LogP contribution is -2.28. The van der Waals surface area contributed by atoms with Crippen LogP contribution in [0.15, 0.2) is 6.07 Å². The summed E-state index contributed by atoms with van der Waals surface area (Å²) in [6, 6.07) is 2.95. The van der Waals surface area contributed by atoms with Gasteiger partial charge in [0.1, 0.15) is 5.82 Å². The molecule has 112 valence electrons. The predicted octanol–water partition coefficient (Wildman–Crippen LogP) is 3.58. The monoisotopic (exact) mass is 275 g/mol. The zero-order valence-corrected chi connectivity index (χ0v) is 13.5. The van der Waals surface area contributed by atoms with Crippen LogP contribution in [-0.4, -0.2) is 24.1 Å². The Hall–Kier alpha value is -1.09. The van der Waals surface area contributed by atoms with E-state index in [1.165, 1.54) is 42.6 Å². The number of hydrogen-bond acceptors (Lipinski definition) is 3. The quantitative estimate of drug-likeness (QED) is 0.786. The lowest BCUT2D eigenvalue weighted by Gasteiger charge is -2.26. The maximum atomic E-state index is 4.84. The van der Waals surface area contributed by atoms with Crippen molar-refractivity contribution < 1.29 is 0 Å². The molecule has 1 N–H and O–H groups in total. The zero-order chi connectivity index (χ0) is 14.5. The van der Waals surface area contributed by atoms with Crippen molar-refractivity contribution in [3.8, 4) is 0 Å². The van der Waals surface area contributed by atoms with Crippen LogP contribution in [0.1, 0.15) is 56.4 Å². The maximum absolute atomic E-state index is 4.84. The Morgan fingerprint density at radius 2 is 2.05 bits per heavy atom. The third kappa shape index (κ3) is 3.95. The molecule has 0 bridgehead atoms. The molecule has 0 atom stereocenters. The fourth-order valence-electron chi connectivity index (χ4n) is 2.62. The number of aryl methyl sites for hydroxylation is 2. The van der Waals surface area contributed by atoms with E-state index < -0.39 is 0 Å². The van der Waals surface area contributed by atoms with Crippen molar-refractivity contribution in [2.45, 2.75) is 66.0 Å². The number of hydrogen-bond donors (Lipinski definition) is 1. The Kier molecular flexibility index (Phi) is 5.41. The van der Waals surface area contributed by atoms with Crippen molar-refractivity contribution in [3.05, 3.63) is 22.9 Å². The summed E-state index contributed by atoms with van der Waals surface area (Å²) in [5.41, 5.74) is 3.89. The standard InChI is InChI=1S/C17H29N3/c1-5-7-10-20(6-2)17-16(12-18-15-8-9-15)13(3)11-14(4)19-17/h11,15,18H,5-10,12H2,1-4H3. The first kappa shape index (κ1) is 15.3. The van der Waals surface area contributed by atoms with Crippen molar-refractivity contribution in [1.82, 2.24) is 10.3 Å². The Bertz CT molecular complexity index is 438. The van der Waals surface area contributed by atoms with Gasteiger partial charge < -0.3 is 10.2 Å². The van der Waals surface area contributed by atoms with E-state index in [2.05, 4.69) is 44.0 Å². The molecule has 0 aromatic carbocycles. The molecule has 0 radical (unpaired) electrons. The van der Waals surface area contributed by atoms with E-state index in [-0.39, 0.29) is 0 Å². The van der Waals surface area contributed by atoms with E-state index in [4.69, 9.17) is 4.98 Å². The minimum Gasteiger partial charge on any atom is -0.357 e. The lowest BCUT2D eigenvalue weighted by atomic mass is 10.1. The topological polar surface area (TPSA) is 28.2 Å². The molecule has 1 saturated carbocycles. The van der Waals surface area contributed by atoms with Crippen LogP contribution < -0.4 is 10.2 Å². The number of nitrogens with one attached hydrogen (secondary N) is 1. The average Bonchev–Trinajstić information content (AvgIpc) is 3.22. The van der Waals surface area contributed by atoms with Gasteiger partial charge in [-0.2, -0.15) is 0 Å². The number of rotatable bonds is 8. The normalized spacial score (nSPS) is 14.6. The third-order valence-electron chi connectivity index (χ3n) is 4.06. The van der Waals surface area contributed by atoms with Crippen molar-refractivity contribution in [2.24, 2.45) is 0 Å². The number of aromatic nitrogens is 1. The SMILES string of the molecule is CCCCN(CC)c1nc(C)cc(C)c1CNC1CC1. The molecule has 1 aliphatic rings. The first-order valence-corrected chi connectivity index (χ1v) is 8.11. The average molecular weight is 275 g/mol. The van der Waals surface area contributed by atoms with Crippen LogP contribution in [-0.2, 0) is 6.54 Å². The number of pyridine rings is 1. The second-order valence-electron chi connectivity index (χ2n) is 5.97. The van der Waals surface area contributed by atoms with Crippen molar-refractivity contribution in [2.75, 3.05) is 18.0 Å². The van der Waals surface area contributed by atoms with Gasteiger partial charge in [0.05, 0.1) is 0 Å².